The number of carbonyl (C=O) groups is 2. The molecule has 35 heavy (non-hydrogen) atoms. The van der Waals surface area contributed by atoms with Crippen molar-refractivity contribution in [2.24, 2.45) is 4.40 Å². The number of urea groups is 1. The highest BCUT2D eigenvalue weighted by atomic mass is 35.5. The minimum absolute atomic E-state index is 0.0942. The molecule has 0 saturated carbocycles. The highest BCUT2D eigenvalue weighted by Crippen LogP contribution is 2.31. The summed E-state index contributed by atoms with van der Waals surface area (Å²) in [5, 5.41) is 3.06. The van der Waals surface area contributed by atoms with Gasteiger partial charge >= 0.3 is 6.03 Å². The summed E-state index contributed by atoms with van der Waals surface area (Å²) in [6.07, 6.45) is 3.79. The Morgan fingerprint density at radius 1 is 1.11 bits per heavy atom. The van der Waals surface area contributed by atoms with Gasteiger partial charge in [-0.05, 0) is 55.7 Å². The monoisotopic (exact) mass is 535 g/mol. The summed E-state index contributed by atoms with van der Waals surface area (Å²) < 4.78 is 28.3. The van der Waals surface area contributed by atoms with Crippen LogP contribution in [0.3, 0.4) is 0 Å². The number of carbonyl (C=O) groups excluding carboxylic acids is 2. The summed E-state index contributed by atoms with van der Waals surface area (Å²) in [5.74, 6) is 0.269. The first-order valence-electron chi connectivity index (χ1n) is 11.5. The van der Waals surface area contributed by atoms with Crippen molar-refractivity contribution in [3.8, 4) is 0 Å². The van der Waals surface area contributed by atoms with E-state index < -0.39 is 10.0 Å². The summed E-state index contributed by atoms with van der Waals surface area (Å²) >= 11 is 7.18. The number of sulfonamides is 1. The van der Waals surface area contributed by atoms with Crippen molar-refractivity contribution in [1.82, 2.24) is 15.1 Å². The Morgan fingerprint density at radius 2 is 1.83 bits per heavy atom. The molecule has 3 aliphatic heterocycles. The number of hydrogen-bond donors (Lipinski definition) is 1. The molecule has 3 amide bonds. The molecule has 186 valence electrons. The first-order chi connectivity index (χ1) is 16.7. The number of benzene rings is 1. The molecule has 0 radical (unpaired) electrons. The fourth-order valence-electron chi connectivity index (χ4n) is 4.97. The molecule has 1 N–H and O–H groups in total. The fourth-order valence-corrected chi connectivity index (χ4v) is 6.45. The van der Waals surface area contributed by atoms with Crippen LogP contribution in [0, 0.1) is 0 Å². The quantitative estimate of drug-likeness (QED) is 0.468. The zero-order valence-electron chi connectivity index (χ0n) is 19.2. The van der Waals surface area contributed by atoms with Crippen LogP contribution in [-0.4, -0.2) is 80.5 Å². The third-order valence-electron chi connectivity index (χ3n) is 6.60. The number of likely N-dealkylation sites (tertiary alicyclic amines) is 1. The van der Waals surface area contributed by atoms with E-state index in [2.05, 4.69) is 9.71 Å². The van der Waals surface area contributed by atoms with E-state index in [4.69, 9.17) is 11.6 Å². The van der Waals surface area contributed by atoms with Crippen LogP contribution >= 0.6 is 22.9 Å². The van der Waals surface area contributed by atoms with Crippen LogP contribution in [0.25, 0.3) is 0 Å². The highest BCUT2D eigenvalue weighted by molar-refractivity contribution is 7.89. The van der Waals surface area contributed by atoms with Gasteiger partial charge in [-0.25, -0.2) is 13.2 Å². The second-order valence-corrected chi connectivity index (χ2v) is 12.4. The molecule has 3 fully saturated rings. The second kappa shape index (κ2) is 9.44. The van der Waals surface area contributed by atoms with Crippen molar-refractivity contribution in [1.29, 1.82) is 0 Å². The first kappa shape index (κ1) is 24.1. The van der Waals surface area contributed by atoms with Gasteiger partial charge in [0.1, 0.15) is 5.84 Å². The number of anilines is 1. The average molecular weight is 536 g/mol. The Kier molecular flexibility index (Phi) is 6.49. The molecule has 5 rings (SSSR count). The van der Waals surface area contributed by atoms with Crippen LogP contribution in [0.15, 0.2) is 40.8 Å². The van der Waals surface area contributed by atoms with E-state index in [1.165, 1.54) is 11.3 Å². The van der Waals surface area contributed by atoms with Crippen LogP contribution in [0.2, 0.25) is 4.34 Å². The van der Waals surface area contributed by atoms with Gasteiger partial charge in [-0.2, -0.15) is 0 Å². The highest BCUT2D eigenvalue weighted by Gasteiger charge is 2.46. The Balaban J connectivity index is 1.31. The molecule has 9 nitrogen and oxygen atoms in total. The molecule has 1 aromatic carbocycles. The molecule has 12 heteroatoms. The van der Waals surface area contributed by atoms with Gasteiger partial charge in [0, 0.05) is 30.9 Å². The molecule has 0 aliphatic carbocycles. The normalized spacial score (nSPS) is 22.7. The van der Waals surface area contributed by atoms with Gasteiger partial charge in [0.05, 0.1) is 34.1 Å². The Labute approximate surface area is 213 Å². The van der Waals surface area contributed by atoms with E-state index in [1.54, 1.807) is 21.9 Å². The van der Waals surface area contributed by atoms with Crippen LogP contribution in [0.4, 0.5) is 10.5 Å². The molecule has 3 aliphatic rings. The Morgan fingerprint density at radius 3 is 2.46 bits per heavy atom. The van der Waals surface area contributed by atoms with E-state index in [-0.39, 0.29) is 24.0 Å². The lowest BCUT2D eigenvalue weighted by Gasteiger charge is -2.22. The minimum atomic E-state index is -3.55. The lowest BCUT2D eigenvalue weighted by Crippen LogP contribution is -2.44. The first-order valence-corrected chi connectivity index (χ1v) is 14.5. The smallest absolute Gasteiger partial charge is 0.324 e. The van der Waals surface area contributed by atoms with Gasteiger partial charge in [0.25, 0.3) is 15.9 Å². The molecule has 1 aromatic heterocycles. The largest absolute Gasteiger partial charge is 0.355 e. The van der Waals surface area contributed by atoms with Gasteiger partial charge in [0.2, 0.25) is 0 Å². The maximum Gasteiger partial charge on any atom is 0.324 e. The zero-order chi connectivity index (χ0) is 24.7. The number of rotatable bonds is 5. The standard InChI is InChI=1S/C23H26ClN5O4S2/c1-35(32,33)26-21(27-11-2-3-12-27)15-4-6-16(7-5-15)29-14-18-17(10-13-28(18)23(29)31)25-22(30)19-8-9-20(24)34-19/h4-9,17-18H,2-3,10-14H2,1H3,(H,25,30)/t17-,18-/m1/s1. The third-order valence-corrected chi connectivity index (χ3v) is 8.34. The van der Waals surface area contributed by atoms with E-state index >= 15 is 0 Å². The number of nitrogens with zero attached hydrogens (tertiary/aromatic N) is 4. The SMILES string of the molecule is CS(=O)(=O)N=C(c1ccc(N2C[C@@H]3[C@H](NC(=O)c4ccc(Cl)s4)CCN3C2=O)cc1)N1CCCC1. The van der Waals surface area contributed by atoms with Crippen molar-refractivity contribution >= 4 is 56.4 Å². The minimum Gasteiger partial charge on any atom is -0.355 e. The van der Waals surface area contributed by atoms with Crippen molar-refractivity contribution in [3.05, 3.63) is 51.2 Å². The number of amidine groups is 1. The molecule has 4 heterocycles. The maximum atomic E-state index is 13.1. The summed E-state index contributed by atoms with van der Waals surface area (Å²) in [4.78, 5) is 31.8. The van der Waals surface area contributed by atoms with Crippen LogP contribution < -0.4 is 10.2 Å². The van der Waals surface area contributed by atoms with Gasteiger partial charge in [-0.3, -0.25) is 9.69 Å². The number of halogens is 1. The third kappa shape index (κ3) is 5.03. The number of hydrogen-bond acceptors (Lipinski definition) is 5. The predicted molar refractivity (Wildman–Crippen MR) is 137 cm³/mol. The summed E-state index contributed by atoms with van der Waals surface area (Å²) in [7, 11) is -3.55. The molecular formula is C23H26ClN5O4S2. The zero-order valence-corrected chi connectivity index (χ0v) is 21.6. The Hall–Kier alpha value is -2.63. The van der Waals surface area contributed by atoms with Crippen molar-refractivity contribution in [2.45, 2.75) is 31.3 Å². The molecule has 0 unspecified atom stereocenters. The number of nitrogens with one attached hydrogen (secondary N) is 1. The molecule has 3 saturated heterocycles. The van der Waals surface area contributed by atoms with Crippen molar-refractivity contribution < 1.29 is 18.0 Å². The number of thiophene rings is 1. The molecular weight excluding hydrogens is 510 g/mol. The lowest BCUT2D eigenvalue weighted by atomic mass is 10.1. The van der Waals surface area contributed by atoms with Crippen LogP contribution in [0.1, 0.15) is 34.5 Å². The van der Waals surface area contributed by atoms with Crippen LogP contribution in [-0.2, 0) is 10.0 Å². The summed E-state index contributed by atoms with van der Waals surface area (Å²) in [5.41, 5.74) is 1.43. The molecule has 2 aromatic rings. The maximum absolute atomic E-state index is 13.1. The van der Waals surface area contributed by atoms with Crippen molar-refractivity contribution in [2.75, 3.05) is 37.3 Å². The summed E-state index contributed by atoms with van der Waals surface area (Å²) in [6, 6.07) is 10.3. The van der Waals surface area contributed by atoms with E-state index in [0.717, 1.165) is 37.9 Å². The molecule has 0 spiro atoms. The lowest BCUT2D eigenvalue weighted by molar-refractivity contribution is 0.0935. The number of fused-ring (bicyclic) bond motifs is 1. The average Bonchev–Trinajstić information content (AvgIpc) is 3.60. The van der Waals surface area contributed by atoms with E-state index in [0.29, 0.717) is 40.1 Å². The molecule has 2 atom stereocenters. The Bertz CT molecular complexity index is 1270. The number of amides is 3. The van der Waals surface area contributed by atoms with E-state index in [1.807, 2.05) is 29.2 Å². The topological polar surface area (TPSA) is 102 Å². The van der Waals surface area contributed by atoms with Gasteiger partial charge in [-0.1, -0.05) is 11.6 Å². The molecule has 0 bridgehead atoms. The van der Waals surface area contributed by atoms with E-state index in [9.17, 15) is 18.0 Å². The van der Waals surface area contributed by atoms with Crippen LogP contribution in [0.5, 0.6) is 0 Å². The predicted octanol–water partition coefficient (Wildman–Crippen LogP) is 3.02. The summed E-state index contributed by atoms with van der Waals surface area (Å²) in [6.45, 7) is 2.57. The van der Waals surface area contributed by atoms with Crippen molar-refractivity contribution in [3.63, 3.8) is 0 Å². The van der Waals surface area contributed by atoms with Gasteiger partial charge < -0.3 is 15.1 Å². The van der Waals surface area contributed by atoms with Gasteiger partial charge in [0.15, 0.2) is 0 Å². The fraction of sp³-hybridized carbons (Fsp3) is 0.435. The second-order valence-electron chi connectivity index (χ2n) is 9.02. The van der Waals surface area contributed by atoms with Gasteiger partial charge in [-0.15, -0.1) is 15.7 Å².